The third-order valence-corrected chi connectivity index (χ3v) is 4.78. The number of hydrogen-bond acceptors (Lipinski definition) is 5. The molecule has 1 aliphatic heterocycles. The van der Waals surface area contributed by atoms with E-state index in [0.29, 0.717) is 17.9 Å². The molecule has 1 fully saturated rings. The highest BCUT2D eigenvalue weighted by Crippen LogP contribution is 2.27. The van der Waals surface area contributed by atoms with Gasteiger partial charge in [0.1, 0.15) is 6.04 Å². The lowest BCUT2D eigenvalue weighted by Crippen LogP contribution is -2.38. The Balaban J connectivity index is 2.20. The number of aliphatic hydroxyl groups is 1. The number of ether oxygens (including phenoxy) is 1. The van der Waals surface area contributed by atoms with Gasteiger partial charge < -0.3 is 9.84 Å². The van der Waals surface area contributed by atoms with Crippen molar-refractivity contribution in [1.82, 2.24) is 5.32 Å². The van der Waals surface area contributed by atoms with E-state index < -0.39 is 5.60 Å². The molecule has 0 spiro atoms. The van der Waals surface area contributed by atoms with E-state index in [1.165, 1.54) is 0 Å². The Hall–Kier alpha value is -0.260. The zero-order chi connectivity index (χ0) is 15.2. The molecule has 1 saturated heterocycles. The fourth-order valence-corrected chi connectivity index (χ4v) is 3.80. The quantitative estimate of drug-likeness (QED) is 0.675. The van der Waals surface area contributed by atoms with E-state index in [9.17, 15) is 9.90 Å². The highest BCUT2D eigenvalue weighted by molar-refractivity contribution is 8.00. The standard InChI is InChI=1S/C15H29NO3S/c1-5-19-14(17)12-10-20-13(16-12)9-11(2)7-6-8-15(3,4)18/h11-13,16,18H,5-10H2,1-4H3. The van der Waals surface area contributed by atoms with Crippen LogP contribution in [-0.2, 0) is 9.53 Å². The van der Waals surface area contributed by atoms with Crippen LogP contribution < -0.4 is 5.32 Å². The minimum Gasteiger partial charge on any atom is -0.465 e. The Morgan fingerprint density at radius 2 is 2.25 bits per heavy atom. The summed E-state index contributed by atoms with van der Waals surface area (Å²) in [5, 5.41) is 13.4. The van der Waals surface area contributed by atoms with Gasteiger partial charge in [0.05, 0.1) is 17.6 Å². The van der Waals surface area contributed by atoms with E-state index in [1.54, 1.807) is 0 Å². The van der Waals surface area contributed by atoms with Gasteiger partial charge in [-0.2, -0.15) is 0 Å². The first-order valence-electron chi connectivity index (χ1n) is 7.58. The molecule has 1 aliphatic rings. The number of hydrogen-bond donors (Lipinski definition) is 2. The van der Waals surface area contributed by atoms with Gasteiger partial charge in [0.15, 0.2) is 0 Å². The van der Waals surface area contributed by atoms with Crippen molar-refractivity contribution < 1.29 is 14.6 Å². The fraction of sp³-hybridized carbons (Fsp3) is 0.933. The maximum atomic E-state index is 11.6. The third kappa shape index (κ3) is 6.95. The van der Waals surface area contributed by atoms with Crippen LogP contribution in [0.2, 0.25) is 0 Å². The number of carbonyl (C=O) groups excluding carboxylic acids is 1. The molecule has 0 saturated carbocycles. The van der Waals surface area contributed by atoms with E-state index in [0.717, 1.165) is 31.4 Å². The van der Waals surface area contributed by atoms with Gasteiger partial charge in [0, 0.05) is 5.75 Å². The van der Waals surface area contributed by atoms with Crippen LogP contribution in [0.1, 0.15) is 53.4 Å². The van der Waals surface area contributed by atoms with Crippen molar-refractivity contribution in [3.63, 3.8) is 0 Å². The minimum absolute atomic E-state index is 0.128. The molecule has 1 heterocycles. The molecule has 0 aromatic rings. The zero-order valence-electron chi connectivity index (χ0n) is 13.1. The Labute approximate surface area is 127 Å². The molecule has 20 heavy (non-hydrogen) atoms. The van der Waals surface area contributed by atoms with Gasteiger partial charge in [-0.05, 0) is 39.5 Å². The second-order valence-corrected chi connectivity index (χ2v) is 7.57. The number of nitrogens with one attached hydrogen (secondary N) is 1. The summed E-state index contributed by atoms with van der Waals surface area (Å²) < 4.78 is 5.04. The van der Waals surface area contributed by atoms with E-state index in [4.69, 9.17) is 4.74 Å². The maximum Gasteiger partial charge on any atom is 0.324 e. The van der Waals surface area contributed by atoms with E-state index in [2.05, 4.69) is 12.2 Å². The molecule has 118 valence electrons. The molecule has 0 radical (unpaired) electrons. The first-order chi connectivity index (χ1) is 9.31. The highest BCUT2D eigenvalue weighted by atomic mass is 32.2. The SMILES string of the molecule is CCOC(=O)C1CSC(CC(C)CCCC(C)(C)O)N1. The van der Waals surface area contributed by atoms with Crippen LogP contribution >= 0.6 is 11.8 Å². The van der Waals surface area contributed by atoms with Crippen molar-refractivity contribution in [3.8, 4) is 0 Å². The van der Waals surface area contributed by atoms with Crippen molar-refractivity contribution in [1.29, 1.82) is 0 Å². The summed E-state index contributed by atoms with van der Waals surface area (Å²) in [4.78, 5) is 11.6. The van der Waals surface area contributed by atoms with Crippen molar-refractivity contribution in [2.24, 2.45) is 5.92 Å². The fourth-order valence-electron chi connectivity index (χ4n) is 2.41. The summed E-state index contributed by atoms with van der Waals surface area (Å²) in [6.07, 6.45) is 4.07. The summed E-state index contributed by atoms with van der Waals surface area (Å²) in [6, 6.07) is -0.145. The molecular formula is C15H29NO3S. The Bertz CT molecular complexity index is 304. The van der Waals surface area contributed by atoms with Crippen LogP contribution in [0.3, 0.4) is 0 Å². The molecule has 0 amide bonds. The van der Waals surface area contributed by atoms with Crippen LogP contribution in [-0.4, -0.2) is 40.5 Å². The summed E-state index contributed by atoms with van der Waals surface area (Å²) in [7, 11) is 0. The molecule has 0 aliphatic carbocycles. The number of rotatable bonds is 8. The predicted octanol–water partition coefficient (Wildman–Crippen LogP) is 2.55. The average Bonchev–Trinajstić information content (AvgIpc) is 2.76. The lowest BCUT2D eigenvalue weighted by Gasteiger charge is -2.20. The second-order valence-electron chi connectivity index (χ2n) is 6.34. The minimum atomic E-state index is -0.560. The van der Waals surface area contributed by atoms with Gasteiger partial charge in [0.25, 0.3) is 0 Å². The van der Waals surface area contributed by atoms with Crippen molar-refractivity contribution >= 4 is 17.7 Å². The van der Waals surface area contributed by atoms with Crippen molar-refractivity contribution in [2.75, 3.05) is 12.4 Å². The third-order valence-electron chi connectivity index (χ3n) is 3.52. The Kier molecular flexibility index (Phi) is 7.34. The average molecular weight is 303 g/mol. The summed E-state index contributed by atoms with van der Waals surface area (Å²) in [5.74, 6) is 1.28. The molecular weight excluding hydrogens is 274 g/mol. The molecule has 3 atom stereocenters. The van der Waals surface area contributed by atoms with Crippen LogP contribution in [0.4, 0.5) is 0 Å². The first kappa shape index (κ1) is 17.8. The predicted molar refractivity (Wildman–Crippen MR) is 83.7 cm³/mol. The maximum absolute atomic E-state index is 11.6. The lowest BCUT2D eigenvalue weighted by atomic mass is 9.95. The molecule has 0 bridgehead atoms. The van der Waals surface area contributed by atoms with Gasteiger partial charge in [-0.15, -0.1) is 11.8 Å². The largest absolute Gasteiger partial charge is 0.465 e. The Morgan fingerprint density at radius 3 is 2.85 bits per heavy atom. The van der Waals surface area contributed by atoms with E-state index in [1.807, 2.05) is 32.5 Å². The molecule has 1 rings (SSSR count). The number of thioether (sulfide) groups is 1. The Morgan fingerprint density at radius 1 is 1.55 bits per heavy atom. The van der Waals surface area contributed by atoms with Crippen LogP contribution in [0, 0.1) is 5.92 Å². The second kappa shape index (κ2) is 8.25. The molecule has 3 unspecified atom stereocenters. The van der Waals surface area contributed by atoms with Crippen LogP contribution in [0.15, 0.2) is 0 Å². The summed E-state index contributed by atoms with van der Waals surface area (Å²) in [6.45, 7) is 8.23. The van der Waals surface area contributed by atoms with Gasteiger partial charge in [0.2, 0.25) is 0 Å². The van der Waals surface area contributed by atoms with Gasteiger partial charge >= 0.3 is 5.97 Å². The monoisotopic (exact) mass is 303 g/mol. The normalized spacial score (nSPS) is 24.6. The van der Waals surface area contributed by atoms with Crippen molar-refractivity contribution in [2.45, 2.75) is 70.4 Å². The topological polar surface area (TPSA) is 58.6 Å². The van der Waals surface area contributed by atoms with Crippen LogP contribution in [0.5, 0.6) is 0 Å². The van der Waals surface area contributed by atoms with Gasteiger partial charge in [-0.1, -0.05) is 19.8 Å². The number of esters is 1. The van der Waals surface area contributed by atoms with Crippen molar-refractivity contribution in [3.05, 3.63) is 0 Å². The summed E-state index contributed by atoms with van der Waals surface area (Å²) >= 11 is 1.81. The molecule has 0 aromatic heterocycles. The van der Waals surface area contributed by atoms with Gasteiger partial charge in [-0.25, -0.2) is 0 Å². The van der Waals surface area contributed by atoms with Gasteiger partial charge in [-0.3, -0.25) is 10.1 Å². The lowest BCUT2D eigenvalue weighted by molar-refractivity contribution is -0.144. The first-order valence-corrected chi connectivity index (χ1v) is 8.63. The van der Waals surface area contributed by atoms with E-state index in [-0.39, 0.29) is 12.0 Å². The van der Waals surface area contributed by atoms with Crippen LogP contribution in [0.25, 0.3) is 0 Å². The smallest absolute Gasteiger partial charge is 0.324 e. The molecule has 2 N–H and O–H groups in total. The molecule has 0 aromatic carbocycles. The summed E-state index contributed by atoms with van der Waals surface area (Å²) in [5.41, 5.74) is -0.560. The zero-order valence-corrected chi connectivity index (χ0v) is 14.0. The highest BCUT2D eigenvalue weighted by Gasteiger charge is 2.31. The van der Waals surface area contributed by atoms with E-state index >= 15 is 0 Å². The number of carbonyl (C=O) groups is 1. The molecule has 4 nitrogen and oxygen atoms in total. The molecule has 5 heteroatoms.